The minimum atomic E-state index is -0.865. The van der Waals surface area contributed by atoms with Crippen molar-refractivity contribution < 1.29 is 24.0 Å². The van der Waals surface area contributed by atoms with Gasteiger partial charge < -0.3 is 19.4 Å². The van der Waals surface area contributed by atoms with Gasteiger partial charge in [-0.25, -0.2) is 4.79 Å². The van der Waals surface area contributed by atoms with Gasteiger partial charge in [0.2, 0.25) is 0 Å². The van der Waals surface area contributed by atoms with Crippen LogP contribution in [0.1, 0.15) is 29.8 Å². The summed E-state index contributed by atoms with van der Waals surface area (Å²) < 4.78 is 11.2. The van der Waals surface area contributed by atoms with Crippen LogP contribution in [-0.2, 0) is 16.0 Å². The summed E-state index contributed by atoms with van der Waals surface area (Å²) in [5.41, 5.74) is 6.07. The van der Waals surface area contributed by atoms with Gasteiger partial charge in [0.25, 0.3) is 0 Å². The van der Waals surface area contributed by atoms with Crippen LogP contribution in [0.2, 0.25) is 0 Å². The quantitative estimate of drug-likeness (QED) is 0.230. The number of aromatic nitrogens is 2. The van der Waals surface area contributed by atoms with Crippen LogP contribution < -0.4 is 5.32 Å². The zero-order valence-electron chi connectivity index (χ0n) is 20.3. The second-order valence-electron chi connectivity index (χ2n) is 8.75. The molecule has 8 nitrogen and oxygen atoms in total. The van der Waals surface area contributed by atoms with Crippen molar-refractivity contribution in [3.63, 3.8) is 0 Å². The molecule has 8 heteroatoms. The predicted molar refractivity (Wildman–Crippen MR) is 140 cm³/mol. The van der Waals surface area contributed by atoms with E-state index in [1.807, 2.05) is 85.9 Å². The molecule has 0 saturated carbocycles. The van der Waals surface area contributed by atoms with Gasteiger partial charge in [0.1, 0.15) is 17.5 Å². The van der Waals surface area contributed by atoms with E-state index in [4.69, 9.17) is 14.4 Å². The molecule has 0 bridgehead atoms. The number of anilines is 1. The van der Waals surface area contributed by atoms with Gasteiger partial charge in [-0.3, -0.25) is 10.1 Å². The lowest BCUT2D eigenvalue weighted by molar-refractivity contribution is -0.136. The Morgan fingerprint density at radius 1 is 1.03 bits per heavy atom. The van der Waals surface area contributed by atoms with Crippen LogP contribution in [0.25, 0.3) is 33.4 Å². The predicted octanol–water partition coefficient (Wildman–Crippen LogP) is 6.74. The third kappa shape index (κ3) is 4.95. The maximum absolute atomic E-state index is 12.7. The summed E-state index contributed by atoms with van der Waals surface area (Å²) in [7, 11) is 0. The van der Waals surface area contributed by atoms with E-state index in [-0.39, 0.29) is 6.42 Å². The number of carboxylic acid groups (broad SMARTS) is 1. The van der Waals surface area contributed by atoms with Crippen LogP contribution in [-0.4, -0.2) is 27.3 Å². The number of nitrogens with one attached hydrogen (secondary N) is 2. The first kappa shape index (κ1) is 23.9. The van der Waals surface area contributed by atoms with Gasteiger partial charge in [-0.1, -0.05) is 65.8 Å². The summed E-state index contributed by atoms with van der Waals surface area (Å²) >= 11 is 0. The summed E-state index contributed by atoms with van der Waals surface area (Å²) in [6.45, 7) is 3.56. The van der Waals surface area contributed by atoms with Crippen molar-refractivity contribution >= 4 is 28.7 Å². The highest BCUT2D eigenvalue weighted by atomic mass is 16.6. The number of hydrogen-bond acceptors (Lipinski definition) is 5. The van der Waals surface area contributed by atoms with E-state index in [0.717, 1.165) is 38.7 Å². The van der Waals surface area contributed by atoms with E-state index < -0.39 is 18.2 Å². The fourth-order valence-corrected chi connectivity index (χ4v) is 4.36. The van der Waals surface area contributed by atoms with Crippen molar-refractivity contribution in [1.82, 2.24) is 10.1 Å². The highest BCUT2D eigenvalue weighted by molar-refractivity contribution is 6.05. The number of aryl methyl sites for hydroxylation is 1. The smallest absolute Gasteiger partial charge is 0.412 e. The van der Waals surface area contributed by atoms with Crippen LogP contribution in [0, 0.1) is 6.92 Å². The first-order valence-electron chi connectivity index (χ1n) is 11.8. The maximum Gasteiger partial charge on any atom is 0.412 e. The molecule has 1 amide bonds. The molecular formula is C29H25N3O5. The van der Waals surface area contributed by atoms with Gasteiger partial charge in [-0.15, -0.1) is 0 Å². The Labute approximate surface area is 212 Å². The standard InChI is InChI=1S/C29H25N3O5/c1-17-26(31-29(35)36-18(2)20-6-4-3-5-7-20)28(37-32-17)24-13-12-22(23-14-15-30-27(23)24)21-10-8-19(9-11-21)16-25(33)34/h3-15,18,30H,16H2,1-2H3,(H,31,35)(H,33,34). The van der Waals surface area contributed by atoms with Crippen LogP contribution in [0.5, 0.6) is 0 Å². The molecule has 5 aromatic rings. The van der Waals surface area contributed by atoms with Crippen LogP contribution in [0.15, 0.2) is 83.5 Å². The number of rotatable bonds is 7. The molecule has 2 heterocycles. The highest BCUT2D eigenvalue weighted by Crippen LogP contribution is 2.39. The minimum absolute atomic E-state index is 0.0219. The molecule has 2 aromatic heterocycles. The van der Waals surface area contributed by atoms with Gasteiger partial charge in [-0.05, 0) is 48.2 Å². The van der Waals surface area contributed by atoms with Crippen molar-refractivity contribution in [2.75, 3.05) is 5.32 Å². The maximum atomic E-state index is 12.7. The molecule has 5 rings (SSSR count). The largest absolute Gasteiger partial charge is 0.481 e. The van der Waals surface area contributed by atoms with Gasteiger partial charge >= 0.3 is 12.1 Å². The minimum Gasteiger partial charge on any atom is -0.481 e. The summed E-state index contributed by atoms with van der Waals surface area (Å²) in [5.74, 6) is -0.451. The summed E-state index contributed by atoms with van der Waals surface area (Å²) in [6, 6.07) is 22.8. The fraction of sp³-hybridized carbons (Fsp3) is 0.138. The third-order valence-corrected chi connectivity index (χ3v) is 6.23. The van der Waals surface area contributed by atoms with Gasteiger partial charge in [0.05, 0.1) is 11.9 Å². The zero-order valence-corrected chi connectivity index (χ0v) is 20.3. The number of H-pyrrole nitrogens is 1. The SMILES string of the molecule is Cc1noc(-c2ccc(-c3ccc(CC(=O)O)cc3)c3cc[nH]c23)c1NC(=O)OC(C)c1ccccc1. The molecule has 0 aliphatic carbocycles. The van der Waals surface area contributed by atoms with E-state index in [1.54, 1.807) is 6.92 Å². The van der Waals surface area contributed by atoms with Crippen LogP contribution in [0.4, 0.5) is 10.5 Å². The number of amides is 1. The monoisotopic (exact) mass is 495 g/mol. The van der Waals surface area contributed by atoms with E-state index in [2.05, 4.69) is 15.5 Å². The molecule has 1 unspecified atom stereocenters. The topological polar surface area (TPSA) is 117 Å². The van der Waals surface area contributed by atoms with Crippen molar-refractivity contribution in [2.45, 2.75) is 26.4 Å². The highest BCUT2D eigenvalue weighted by Gasteiger charge is 2.22. The Bertz CT molecular complexity index is 1570. The molecule has 0 aliphatic rings. The number of carbonyl (C=O) groups is 2. The molecule has 37 heavy (non-hydrogen) atoms. The Kier molecular flexibility index (Phi) is 6.47. The fourth-order valence-electron chi connectivity index (χ4n) is 4.36. The lowest BCUT2D eigenvalue weighted by atomic mass is 9.97. The number of carboxylic acids is 1. The van der Waals surface area contributed by atoms with Gasteiger partial charge in [0, 0.05) is 17.1 Å². The number of benzene rings is 3. The van der Waals surface area contributed by atoms with Gasteiger partial charge in [0.15, 0.2) is 5.76 Å². The second kappa shape index (κ2) is 10.0. The molecule has 0 radical (unpaired) electrons. The van der Waals surface area contributed by atoms with E-state index in [0.29, 0.717) is 17.1 Å². The van der Waals surface area contributed by atoms with E-state index in [9.17, 15) is 9.59 Å². The normalized spacial score (nSPS) is 11.8. The Hall–Kier alpha value is -4.85. The Morgan fingerprint density at radius 3 is 2.49 bits per heavy atom. The van der Waals surface area contributed by atoms with Crippen molar-refractivity contribution in [2.24, 2.45) is 0 Å². The van der Waals surface area contributed by atoms with Crippen molar-refractivity contribution in [3.05, 3.63) is 95.8 Å². The lowest BCUT2D eigenvalue weighted by Gasteiger charge is -2.14. The van der Waals surface area contributed by atoms with Crippen LogP contribution in [0.3, 0.4) is 0 Å². The third-order valence-electron chi connectivity index (χ3n) is 6.23. The van der Waals surface area contributed by atoms with Crippen molar-refractivity contribution in [1.29, 1.82) is 0 Å². The average Bonchev–Trinajstić information content (AvgIpc) is 3.52. The second-order valence-corrected chi connectivity index (χ2v) is 8.75. The average molecular weight is 496 g/mol. The number of aliphatic carboxylic acids is 1. The molecule has 0 saturated heterocycles. The molecular weight excluding hydrogens is 470 g/mol. The summed E-state index contributed by atoms with van der Waals surface area (Å²) in [6.07, 6.45) is 0.778. The molecule has 186 valence electrons. The van der Waals surface area contributed by atoms with E-state index in [1.165, 1.54) is 0 Å². The number of aromatic amines is 1. The summed E-state index contributed by atoms with van der Waals surface area (Å²) in [5, 5.41) is 16.9. The Morgan fingerprint density at radius 2 is 1.76 bits per heavy atom. The van der Waals surface area contributed by atoms with Crippen molar-refractivity contribution in [3.8, 4) is 22.5 Å². The first-order valence-corrected chi connectivity index (χ1v) is 11.8. The number of nitrogens with zero attached hydrogens (tertiary/aromatic N) is 1. The molecule has 0 spiro atoms. The van der Waals surface area contributed by atoms with Gasteiger partial charge in [-0.2, -0.15) is 0 Å². The number of carbonyl (C=O) groups excluding carboxylic acids is 1. The summed E-state index contributed by atoms with van der Waals surface area (Å²) in [4.78, 5) is 27.0. The molecule has 3 N–H and O–H groups in total. The first-order chi connectivity index (χ1) is 17.9. The molecule has 1 atom stereocenters. The number of ether oxygens (including phenoxy) is 1. The lowest BCUT2D eigenvalue weighted by Crippen LogP contribution is -2.16. The van der Waals surface area contributed by atoms with Crippen LogP contribution >= 0.6 is 0 Å². The van der Waals surface area contributed by atoms with E-state index >= 15 is 0 Å². The number of fused-ring (bicyclic) bond motifs is 1. The number of hydrogen-bond donors (Lipinski definition) is 3. The zero-order chi connectivity index (χ0) is 25.9. The molecule has 0 aliphatic heterocycles. The Balaban J connectivity index is 1.43. The molecule has 0 fully saturated rings. The molecule has 3 aromatic carbocycles.